The number of piperidine rings is 1. The van der Waals surface area contributed by atoms with Gasteiger partial charge in [0.1, 0.15) is 0 Å². The van der Waals surface area contributed by atoms with Gasteiger partial charge in [-0.05, 0) is 48.6 Å². The van der Waals surface area contributed by atoms with E-state index in [9.17, 15) is 9.59 Å². The number of fused-ring (bicyclic) bond motifs is 2. The van der Waals surface area contributed by atoms with Gasteiger partial charge >= 0.3 is 0 Å². The van der Waals surface area contributed by atoms with Gasteiger partial charge < -0.3 is 19.4 Å². The topological polar surface area (TPSA) is 71.6 Å². The fourth-order valence-corrected chi connectivity index (χ4v) is 4.73. The Kier molecular flexibility index (Phi) is 5.84. The van der Waals surface area contributed by atoms with Crippen molar-refractivity contribution in [3.8, 4) is 11.5 Å². The highest BCUT2D eigenvalue weighted by molar-refractivity contribution is 5.98. The summed E-state index contributed by atoms with van der Waals surface area (Å²) in [7, 11) is 0. The SMILES string of the molecule is O=C(CCC(=O)N1CCC(c2c[nH]c3ccccc23)CC1)c1ccc2c(c1)OCCCO2. The zero-order valence-electron chi connectivity index (χ0n) is 18.1. The standard InChI is InChI=1S/C26H28N2O4/c29-23(19-6-8-24-25(16-19)32-15-3-14-31-24)7-9-26(30)28-12-10-18(11-13-28)21-17-27-22-5-2-1-4-20(21)22/h1-2,4-6,8,16-18,27H,3,7,9-15H2. The molecule has 166 valence electrons. The van der Waals surface area contributed by atoms with Crippen LogP contribution in [-0.2, 0) is 4.79 Å². The summed E-state index contributed by atoms with van der Waals surface area (Å²) in [4.78, 5) is 30.7. The molecule has 1 amide bonds. The van der Waals surface area contributed by atoms with Gasteiger partial charge in [-0.25, -0.2) is 0 Å². The first-order valence-corrected chi connectivity index (χ1v) is 11.5. The quantitative estimate of drug-likeness (QED) is 0.594. The second-order valence-corrected chi connectivity index (χ2v) is 8.58. The summed E-state index contributed by atoms with van der Waals surface area (Å²) in [6, 6.07) is 13.6. The molecule has 2 aromatic carbocycles. The molecule has 3 heterocycles. The first-order valence-electron chi connectivity index (χ1n) is 11.5. The van der Waals surface area contributed by atoms with Crippen LogP contribution >= 0.6 is 0 Å². The van der Waals surface area contributed by atoms with Crippen LogP contribution in [-0.4, -0.2) is 47.9 Å². The maximum absolute atomic E-state index is 12.7. The molecule has 1 saturated heterocycles. The van der Waals surface area contributed by atoms with Crippen LogP contribution in [0.2, 0.25) is 0 Å². The van der Waals surface area contributed by atoms with Crippen molar-refractivity contribution in [3.05, 3.63) is 59.8 Å². The maximum atomic E-state index is 12.7. The summed E-state index contributed by atoms with van der Waals surface area (Å²) in [5, 5.41) is 1.28. The fraction of sp³-hybridized carbons (Fsp3) is 0.385. The summed E-state index contributed by atoms with van der Waals surface area (Å²) in [6.07, 6.45) is 5.28. The molecule has 6 heteroatoms. The van der Waals surface area contributed by atoms with Crippen molar-refractivity contribution in [2.24, 2.45) is 0 Å². The Morgan fingerprint density at radius 3 is 2.59 bits per heavy atom. The van der Waals surface area contributed by atoms with Gasteiger partial charge in [0.25, 0.3) is 0 Å². The third-order valence-corrected chi connectivity index (χ3v) is 6.54. The number of nitrogens with one attached hydrogen (secondary N) is 1. The van der Waals surface area contributed by atoms with E-state index in [-0.39, 0.29) is 24.5 Å². The van der Waals surface area contributed by atoms with Crippen LogP contribution in [0.15, 0.2) is 48.7 Å². The van der Waals surface area contributed by atoms with E-state index in [1.54, 1.807) is 18.2 Å². The minimum Gasteiger partial charge on any atom is -0.490 e. The molecule has 0 bridgehead atoms. The molecule has 0 saturated carbocycles. The van der Waals surface area contributed by atoms with Crippen LogP contribution < -0.4 is 9.47 Å². The number of hydrogen-bond acceptors (Lipinski definition) is 4. The number of nitrogens with zero attached hydrogens (tertiary/aromatic N) is 1. The van der Waals surface area contributed by atoms with E-state index in [0.717, 1.165) is 37.9 Å². The third kappa shape index (κ3) is 4.22. The molecule has 6 nitrogen and oxygen atoms in total. The number of benzene rings is 2. The number of Topliss-reactive ketones (excluding diaryl/α,β-unsaturated/α-hetero) is 1. The molecule has 1 N–H and O–H groups in total. The van der Waals surface area contributed by atoms with Crippen LogP contribution in [0.1, 0.15) is 53.9 Å². The number of carbonyl (C=O) groups excluding carboxylic acids is 2. The highest BCUT2D eigenvalue weighted by atomic mass is 16.5. The lowest BCUT2D eigenvalue weighted by molar-refractivity contribution is -0.132. The number of aromatic nitrogens is 1. The van der Waals surface area contributed by atoms with Crippen LogP contribution in [0, 0.1) is 0 Å². The van der Waals surface area contributed by atoms with Crippen molar-refractivity contribution < 1.29 is 19.1 Å². The van der Waals surface area contributed by atoms with Crippen LogP contribution in [0.4, 0.5) is 0 Å². The van der Waals surface area contributed by atoms with E-state index in [1.165, 1.54) is 10.9 Å². The molecule has 1 aromatic heterocycles. The lowest BCUT2D eigenvalue weighted by atomic mass is 9.89. The number of rotatable bonds is 5. The Labute approximate surface area is 187 Å². The van der Waals surface area contributed by atoms with Crippen LogP contribution in [0.3, 0.4) is 0 Å². The first kappa shape index (κ1) is 20.6. The van der Waals surface area contributed by atoms with Gasteiger partial charge in [-0.2, -0.15) is 0 Å². The highest BCUT2D eigenvalue weighted by Crippen LogP contribution is 2.34. The van der Waals surface area contributed by atoms with E-state index in [1.807, 2.05) is 11.0 Å². The highest BCUT2D eigenvalue weighted by Gasteiger charge is 2.26. The second kappa shape index (κ2) is 9.07. The van der Waals surface area contributed by atoms with Crippen molar-refractivity contribution in [2.45, 2.75) is 38.0 Å². The molecule has 3 aromatic rings. The monoisotopic (exact) mass is 432 g/mol. The second-order valence-electron chi connectivity index (χ2n) is 8.58. The number of carbonyl (C=O) groups is 2. The molecule has 32 heavy (non-hydrogen) atoms. The predicted molar refractivity (Wildman–Crippen MR) is 122 cm³/mol. The van der Waals surface area contributed by atoms with Crippen LogP contribution in [0.5, 0.6) is 11.5 Å². The Balaban J connectivity index is 1.14. The Morgan fingerprint density at radius 2 is 1.75 bits per heavy atom. The van der Waals surface area contributed by atoms with Crippen molar-refractivity contribution in [2.75, 3.05) is 26.3 Å². The van der Waals surface area contributed by atoms with Crippen molar-refractivity contribution >= 4 is 22.6 Å². The first-order chi connectivity index (χ1) is 15.7. The van der Waals surface area contributed by atoms with Gasteiger partial charge in [0, 0.05) is 55.0 Å². The number of likely N-dealkylation sites (tertiary alicyclic amines) is 1. The number of para-hydroxylation sites is 1. The van der Waals surface area contributed by atoms with Gasteiger partial charge in [-0.15, -0.1) is 0 Å². The van der Waals surface area contributed by atoms with Gasteiger partial charge in [-0.3, -0.25) is 9.59 Å². The molecule has 0 atom stereocenters. The van der Waals surface area contributed by atoms with E-state index < -0.39 is 0 Å². The Hall–Kier alpha value is -3.28. The average molecular weight is 433 g/mol. The zero-order valence-corrected chi connectivity index (χ0v) is 18.1. The number of ether oxygens (including phenoxy) is 2. The number of amides is 1. The van der Waals surface area contributed by atoms with E-state index in [4.69, 9.17) is 9.47 Å². The van der Waals surface area contributed by atoms with Crippen molar-refractivity contribution in [1.82, 2.24) is 9.88 Å². The Morgan fingerprint density at radius 1 is 0.969 bits per heavy atom. The summed E-state index contributed by atoms with van der Waals surface area (Å²) in [6.45, 7) is 2.67. The number of aromatic amines is 1. The van der Waals surface area contributed by atoms with E-state index in [0.29, 0.717) is 36.2 Å². The normalized spacial score (nSPS) is 16.7. The zero-order chi connectivity index (χ0) is 21.9. The number of ketones is 1. The van der Waals surface area contributed by atoms with Crippen molar-refractivity contribution in [1.29, 1.82) is 0 Å². The molecule has 5 rings (SSSR count). The summed E-state index contributed by atoms with van der Waals surface area (Å²) < 4.78 is 11.3. The lowest BCUT2D eigenvalue weighted by Crippen LogP contribution is -2.38. The summed E-state index contributed by atoms with van der Waals surface area (Å²) in [5.74, 6) is 1.76. The third-order valence-electron chi connectivity index (χ3n) is 6.54. The molecule has 1 fully saturated rings. The molecule has 0 spiro atoms. The van der Waals surface area contributed by atoms with Gasteiger partial charge in [-0.1, -0.05) is 18.2 Å². The van der Waals surface area contributed by atoms with Gasteiger partial charge in [0.15, 0.2) is 17.3 Å². The maximum Gasteiger partial charge on any atom is 0.223 e. The van der Waals surface area contributed by atoms with Gasteiger partial charge in [0.05, 0.1) is 13.2 Å². The predicted octanol–water partition coefficient (Wildman–Crippen LogP) is 4.70. The fourth-order valence-electron chi connectivity index (χ4n) is 4.73. The van der Waals surface area contributed by atoms with E-state index >= 15 is 0 Å². The molecular weight excluding hydrogens is 404 g/mol. The number of H-pyrrole nitrogens is 1. The minimum atomic E-state index is -0.0392. The minimum absolute atomic E-state index is 0.0392. The molecular formula is C26H28N2O4. The number of hydrogen-bond donors (Lipinski definition) is 1. The molecule has 2 aliphatic rings. The molecule has 0 unspecified atom stereocenters. The Bertz CT molecular complexity index is 1130. The van der Waals surface area contributed by atoms with E-state index in [2.05, 4.69) is 29.4 Å². The molecule has 0 radical (unpaired) electrons. The van der Waals surface area contributed by atoms with Crippen molar-refractivity contribution in [3.63, 3.8) is 0 Å². The molecule has 0 aliphatic carbocycles. The summed E-state index contributed by atoms with van der Waals surface area (Å²) >= 11 is 0. The van der Waals surface area contributed by atoms with Crippen LogP contribution in [0.25, 0.3) is 10.9 Å². The molecule has 2 aliphatic heterocycles. The lowest BCUT2D eigenvalue weighted by Gasteiger charge is -2.32. The summed E-state index contributed by atoms with van der Waals surface area (Å²) in [5.41, 5.74) is 3.08. The smallest absolute Gasteiger partial charge is 0.223 e. The average Bonchev–Trinajstić information content (AvgIpc) is 3.12. The largest absolute Gasteiger partial charge is 0.490 e. The van der Waals surface area contributed by atoms with Gasteiger partial charge in [0.2, 0.25) is 5.91 Å².